The molecule has 5 nitrogen and oxygen atoms in total. The molecule has 0 spiro atoms. The van der Waals surface area contributed by atoms with Crippen molar-refractivity contribution in [3.8, 4) is 0 Å². The van der Waals surface area contributed by atoms with E-state index in [1.165, 1.54) is 0 Å². The number of morpholine rings is 1. The van der Waals surface area contributed by atoms with Crippen molar-refractivity contribution in [1.29, 1.82) is 0 Å². The molecule has 0 bridgehead atoms. The zero-order valence-corrected chi connectivity index (χ0v) is 14.7. The number of nitrogens with zero attached hydrogens (tertiary/aromatic N) is 1. The molecule has 0 radical (unpaired) electrons. The number of nitrogens with two attached hydrogens (primary N) is 1. The molecule has 1 aliphatic carbocycles. The molecule has 7 heteroatoms. The van der Waals surface area contributed by atoms with E-state index in [4.69, 9.17) is 10.5 Å². The number of thiophene rings is 1. The van der Waals surface area contributed by atoms with Crippen molar-refractivity contribution < 1.29 is 14.6 Å². The Labute approximate surface area is 147 Å². The van der Waals surface area contributed by atoms with Gasteiger partial charge < -0.3 is 20.5 Å². The third kappa shape index (κ3) is 4.45. The van der Waals surface area contributed by atoms with Crippen LogP contribution in [0.3, 0.4) is 0 Å². The smallest absolute Gasteiger partial charge is 0.226 e. The molecular weight excluding hydrogens is 336 g/mol. The van der Waals surface area contributed by atoms with E-state index in [1.807, 2.05) is 22.4 Å². The largest absolute Gasteiger partial charge is 0.387 e. The molecule has 1 amide bonds. The number of aliphatic hydroxyl groups excluding tert-OH is 1. The Balaban J connectivity index is 0.00000192. The maximum absolute atomic E-state index is 12.8. The lowest BCUT2D eigenvalue weighted by Crippen LogP contribution is -2.51. The second kappa shape index (κ2) is 8.44. The van der Waals surface area contributed by atoms with Gasteiger partial charge in [-0.05, 0) is 30.7 Å². The molecule has 3 rings (SSSR count). The summed E-state index contributed by atoms with van der Waals surface area (Å²) >= 11 is 1.54. The molecule has 3 N–H and O–H groups in total. The highest BCUT2D eigenvalue weighted by molar-refractivity contribution is 7.10. The van der Waals surface area contributed by atoms with Crippen LogP contribution in [-0.2, 0) is 9.53 Å². The number of amides is 1. The Kier molecular flexibility index (Phi) is 6.85. The molecule has 4 atom stereocenters. The maximum atomic E-state index is 12.8. The summed E-state index contributed by atoms with van der Waals surface area (Å²) < 4.78 is 5.54. The summed E-state index contributed by atoms with van der Waals surface area (Å²) in [4.78, 5) is 15.6. The van der Waals surface area contributed by atoms with Gasteiger partial charge in [0.25, 0.3) is 0 Å². The zero-order chi connectivity index (χ0) is 15.5. The first-order valence-corrected chi connectivity index (χ1v) is 8.88. The highest BCUT2D eigenvalue weighted by Gasteiger charge is 2.36. The quantitative estimate of drug-likeness (QED) is 0.860. The van der Waals surface area contributed by atoms with E-state index in [2.05, 4.69) is 0 Å². The van der Waals surface area contributed by atoms with Crippen molar-refractivity contribution in [2.24, 2.45) is 11.7 Å². The summed E-state index contributed by atoms with van der Waals surface area (Å²) in [6.07, 6.45) is 2.61. The minimum absolute atomic E-state index is 0. The SMILES string of the molecule is Cl.NC1CCC(C(=O)N2CCOCC2CC(O)c2cccs2)C1. The van der Waals surface area contributed by atoms with Crippen LogP contribution in [-0.4, -0.2) is 47.8 Å². The number of carbonyl (C=O) groups excluding carboxylic acids is 1. The van der Waals surface area contributed by atoms with Crippen molar-refractivity contribution in [3.05, 3.63) is 22.4 Å². The van der Waals surface area contributed by atoms with Gasteiger partial charge in [-0.2, -0.15) is 0 Å². The molecule has 1 aromatic heterocycles. The topological polar surface area (TPSA) is 75.8 Å². The molecule has 1 saturated heterocycles. The number of hydrogen-bond donors (Lipinski definition) is 2. The summed E-state index contributed by atoms with van der Waals surface area (Å²) in [5.74, 6) is 0.245. The summed E-state index contributed by atoms with van der Waals surface area (Å²) in [5.41, 5.74) is 5.94. The Morgan fingerprint density at radius 1 is 1.52 bits per heavy atom. The third-order valence-electron chi connectivity index (χ3n) is 4.70. The van der Waals surface area contributed by atoms with Crippen molar-refractivity contribution in [2.75, 3.05) is 19.8 Å². The molecule has 1 saturated carbocycles. The summed E-state index contributed by atoms with van der Waals surface area (Å²) in [7, 11) is 0. The summed E-state index contributed by atoms with van der Waals surface area (Å²) in [5, 5.41) is 12.3. The van der Waals surface area contributed by atoms with E-state index in [0.717, 1.165) is 24.1 Å². The Bertz CT molecular complexity index is 500. The molecule has 1 aliphatic heterocycles. The second-order valence-electron chi connectivity index (χ2n) is 6.30. The van der Waals surface area contributed by atoms with Crippen molar-refractivity contribution in [3.63, 3.8) is 0 Å². The first kappa shape index (κ1) is 18.7. The van der Waals surface area contributed by atoms with Gasteiger partial charge in [-0.15, -0.1) is 23.7 Å². The minimum atomic E-state index is -0.534. The van der Waals surface area contributed by atoms with Gasteiger partial charge in [-0.3, -0.25) is 4.79 Å². The average Bonchev–Trinajstić information content (AvgIpc) is 3.18. The molecular formula is C16H25ClN2O3S. The number of rotatable bonds is 4. The molecule has 2 fully saturated rings. The van der Waals surface area contributed by atoms with E-state index in [0.29, 0.717) is 26.2 Å². The van der Waals surface area contributed by atoms with Gasteiger partial charge in [0.2, 0.25) is 5.91 Å². The van der Waals surface area contributed by atoms with Crippen LogP contribution >= 0.6 is 23.7 Å². The van der Waals surface area contributed by atoms with Gasteiger partial charge in [-0.1, -0.05) is 6.07 Å². The maximum Gasteiger partial charge on any atom is 0.226 e. The van der Waals surface area contributed by atoms with Gasteiger partial charge in [-0.25, -0.2) is 0 Å². The van der Waals surface area contributed by atoms with Crippen LogP contribution in [0.15, 0.2) is 17.5 Å². The number of halogens is 1. The highest BCUT2D eigenvalue weighted by atomic mass is 35.5. The highest BCUT2D eigenvalue weighted by Crippen LogP contribution is 2.30. The van der Waals surface area contributed by atoms with E-state index in [9.17, 15) is 9.90 Å². The van der Waals surface area contributed by atoms with Gasteiger partial charge in [0.1, 0.15) is 0 Å². The van der Waals surface area contributed by atoms with E-state index in [1.54, 1.807) is 11.3 Å². The molecule has 2 aliphatic rings. The van der Waals surface area contributed by atoms with Crippen molar-refractivity contribution >= 4 is 29.7 Å². The summed E-state index contributed by atoms with van der Waals surface area (Å²) in [6, 6.07) is 3.98. The van der Waals surface area contributed by atoms with Crippen LogP contribution in [0.5, 0.6) is 0 Å². The van der Waals surface area contributed by atoms with Gasteiger partial charge in [0.05, 0.1) is 25.4 Å². The molecule has 130 valence electrons. The fourth-order valence-corrected chi connectivity index (χ4v) is 4.19. The van der Waals surface area contributed by atoms with Crippen molar-refractivity contribution in [2.45, 2.75) is 43.9 Å². The minimum Gasteiger partial charge on any atom is -0.387 e. The molecule has 2 heterocycles. The van der Waals surface area contributed by atoms with E-state index < -0.39 is 6.10 Å². The molecule has 1 aromatic rings. The Morgan fingerprint density at radius 2 is 2.35 bits per heavy atom. The van der Waals surface area contributed by atoms with Crippen LogP contribution < -0.4 is 5.73 Å². The number of ether oxygens (including phenoxy) is 1. The fourth-order valence-electron chi connectivity index (χ4n) is 3.47. The number of aliphatic hydroxyl groups is 1. The predicted molar refractivity (Wildman–Crippen MR) is 92.8 cm³/mol. The first-order valence-electron chi connectivity index (χ1n) is 8.00. The lowest BCUT2D eigenvalue weighted by Gasteiger charge is -2.38. The average molecular weight is 361 g/mol. The Morgan fingerprint density at radius 3 is 3.00 bits per heavy atom. The summed E-state index contributed by atoms with van der Waals surface area (Å²) in [6.45, 7) is 1.70. The van der Waals surface area contributed by atoms with Gasteiger partial charge >= 0.3 is 0 Å². The Hall–Kier alpha value is -0.660. The van der Waals surface area contributed by atoms with Crippen LogP contribution in [0.4, 0.5) is 0 Å². The van der Waals surface area contributed by atoms with E-state index in [-0.39, 0.29) is 36.3 Å². The van der Waals surface area contributed by atoms with Crippen molar-refractivity contribution in [1.82, 2.24) is 4.90 Å². The lowest BCUT2D eigenvalue weighted by molar-refractivity contribution is -0.145. The fraction of sp³-hybridized carbons (Fsp3) is 0.688. The first-order chi connectivity index (χ1) is 10.6. The predicted octanol–water partition coefficient (Wildman–Crippen LogP) is 1.95. The van der Waals surface area contributed by atoms with Crippen LogP contribution in [0.1, 0.15) is 36.7 Å². The van der Waals surface area contributed by atoms with Crippen LogP contribution in [0.25, 0.3) is 0 Å². The molecule has 23 heavy (non-hydrogen) atoms. The van der Waals surface area contributed by atoms with Crippen LogP contribution in [0.2, 0.25) is 0 Å². The van der Waals surface area contributed by atoms with Crippen LogP contribution in [0, 0.1) is 5.92 Å². The molecule has 4 unspecified atom stereocenters. The number of carbonyl (C=O) groups is 1. The lowest BCUT2D eigenvalue weighted by atomic mass is 10.0. The zero-order valence-electron chi connectivity index (χ0n) is 13.1. The number of hydrogen-bond acceptors (Lipinski definition) is 5. The molecule has 0 aromatic carbocycles. The third-order valence-corrected chi connectivity index (χ3v) is 5.67. The van der Waals surface area contributed by atoms with E-state index >= 15 is 0 Å². The normalized spacial score (nSPS) is 29.1. The second-order valence-corrected chi connectivity index (χ2v) is 7.28. The van der Waals surface area contributed by atoms with Gasteiger partial charge in [0.15, 0.2) is 0 Å². The monoisotopic (exact) mass is 360 g/mol. The standard InChI is InChI=1S/C16H24N2O3S.ClH/c17-12-4-3-11(8-12)16(20)18-5-6-21-10-13(18)9-14(19)15-2-1-7-22-15;/h1-2,7,11-14,19H,3-6,8-10,17H2;1H. The van der Waals surface area contributed by atoms with Gasteiger partial charge in [0, 0.05) is 29.8 Å².